The van der Waals surface area contributed by atoms with Gasteiger partial charge in [0, 0.05) is 4.47 Å². The van der Waals surface area contributed by atoms with Crippen molar-refractivity contribution >= 4 is 27.7 Å². The Hall–Kier alpha value is -1.94. The Morgan fingerprint density at radius 1 is 0.917 bits per heavy atom. The van der Waals surface area contributed by atoms with Crippen LogP contribution in [0.2, 0.25) is 0 Å². The molecule has 0 aliphatic carbocycles. The number of imide groups is 1. The molecule has 0 spiro atoms. The molecule has 0 bridgehead atoms. The van der Waals surface area contributed by atoms with E-state index in [0.717, 1.165) is 10.0 Å². The van der Waals surface area contributed by atoms with Gasteiger partial charge in [-0.2, -0.15) is 0 Å². The third kappa shape index (κ3) is 3.16. The van der Waals surface area contributed by atoms with E-state index in [1.807, 2.05) is 24.3 Å². The number of amides is 2. The van der Waals surface area contributed by atoms with Gasteiger partial charge in [0.25, 0.3) is 11.8 Å². The quantitative estimate of drug-likeness (QED) is 0.678. The fraction of sp³-hybridized carbons (Fsp3) is 0.300. The number of rotatable bonds is 3. The normalized spacial score (nSPS) is 15.6. The van der Waals surface area contributed by atoms with Crippen LogP contribution >= 0.6 is 15.9 Å². The Morgan fingerprint density at radius 3 is 1.88 bits per heavy atom. The maximum absolute atomic E-state index is 12.9. The SMILES string of the molecule is CC(C)(C)CC(c1ccc(Br)cc1)N1C(=O)c2ccccc2C1=O. The molecule has 3 nitrogen and oxygen atoms in total. The van der Waals surface area contributed by atoms with Crippen LogP contribution in [-0.2, 0) is 0 Å². The predicted octanol–water partition coefficient (Wildman–Crippen LogP) is 5.22. The fourth-order valence-corrected chi connectivity index (χ4v) is 3.38. The molecule has 0 saturated carbocycles. The Labute approximate surface area is 150 Å². The van der Waals surface area contributed by atoms with Crippen molar-refractivity contribution in [1.82, 2.24) is 4.90 Å². The Morgan fingerprint density at radius 2 is 1.42 bits per heavy atom. The number of carbonyl (C=O) groups is 2. The number of carbonyl (C=O) groups excluding carboxylic acids is 2. The van der Waals surface area contributed by atoms with Gasteiger partial charge in [-0.15, -0.1) is 0 Å². The second kappa shape index (κ2) is 6.17. The molecule has 1 aliphatic rings. The molecule has 24 heavy (non-hydrogen) atoms. The number of fused-ring (bicyclic) bond motifs is 1. The number of halogens is 1. The lowest BCUT2D eigenvalue weighted by molar-refractivity contribution is 0.0543. The highest BCUT2D eigenvalue weighted by atomic mass is 79.9. The minimum atomic E-state index is -0.273. The molecule has 3 rings (SSSR count). The summed E-state index contributed by atoms with van der Waals surface area (Å²) in [4.78, 5) is 27.2. The van der Waals surface area contributed by atoms with E-state index in [2.05, 4.69) is 36.7 Å². The lowest BCUT2D eigenvalue weighted by atomic mass is 9.84. The van der Waals surface area contributed by atoms with Crippen molar-refractivity contribution in [2.45, 2.75) is 33.2 Å². The van der Waals surface area contributed by atoms with E-state index in [1.165, 1.54) is 4.90 Å². The second-order valence-corrected chi connectivity index (χ2v) is 8.27. The Kier molecular flexibility index (Phi) is 4.35. The first-order chi connectivity index (χ1) is 11.3. The molecule has 1 aliphatic heterocycles. The van der Waals surface area contributed by atoms with Crippen LogP contribution in [0.15, 0.2) is 53.0 Å². The summed E-state index contributed by atoms with van der Waals surface area (Å²) >= 11 is 3.44. The van der Waals surface area contributed by atoms with Crippen molar-refractivity contribution in [3.63, 3.8) is 0 Å². The van der Waals surface area contributed by atoms with Gasteiger partial charge in [0.2, 0.25) is 0 Å². The zero-order valence-corrected chi connectivity index (χ0v) is 15.6. The lowest BCUT2D eigenvalue weighted by Crippen LogP contribution is -2.36. The zero-order valence-electron chi connectivity index (χ0n) is 14.0. The molecular weight excluding hydrogens is 366 g/mol. The summed E-state index contributed by atoms with van der Waals surface area (Å²) in [5.74, 6) is -0.402. The topological polar surface area (TPSA) is 37.4 Å². The molecular formula is C20H20BrNO2. The van der Waals surface area contributed by atoms with E-state index in [-0.39, 0.29) is 23.3 Å². The fourth-order valence-electron chi connectivity index (χ4n) is 3.11. The van der Waals surface area contributed by atoms with E-state index in [4.69, 9.17) is 0 Å². The molecule has 2 amide bonds. The summed E-state index contributed by atoms with van der Waals surface area (Å²) in [5, 5.41) is 0. The monoisotopic (exact) mass is 385 g/mol. The molecule has 1 heterocycles. The van der Waals surface area contributed by atoms with Gasteiger partial charge in [-0.25, -0.2) is 0 Å². The van der Waals surface area contributed by atoms with Crippen LogP contribution in [0.1, 0.15) is 59.5 Å². The van der Waals surface area contributed by atoms with E-state index < -0.39 is 0 Å². The van der Waals surface area contributed by atoms with Gasteiger partial charge in [0.1, 0.15) is 0 Å². The van der Waals surface area contributed by atoms with Gasteiger partial charge in [0.15, 0.2) is 0 Å². The standard InChI is InChI=1S/C20H20BrNO2/c1-20(2,3)12-17(13-8-10-14(21)11-9-13)22-18(23)15-6-4-5-7-16(15)19(22)24/h4-11,17H,12H2,1-3H3. The van der Waals surface area contributed by atoms with E-state index >= 15 is 0 Å². The van der Waals surface area contributed by atoms with Crippen LogP contribution in [-0.4, -0.2) is 16.7 Å². The van der Waals surface area contributed by atoms with Gasteiger partial charge in [-0.05, 0) is 41.7 Å². The minimum Gasteiger partial charge on any atom is -0.269 e. The average molecular weight is 386 g/mol. The molecule has 2 aromatic carbocycles. The summed E-state index contributed by atoms with van der Waals surface area (Å²) in [7, 11) is 0. The second-order valence-electron chi connectivity index (χ2n) is 7.36. The molecule has 0 radical (unpaired) electrons. The maximum Gasteiger partial charge on any atom is 0.262 e. The van der Waals surface area contributed by atoms with Gasteiger partial charge in [-0.3, -0.25) is 14.5 Å². The van der Waals surface area contributed by atoms with Crippen molar-refractivity contribution in [2.24, 2.45) is 5.41 Å². The minimum absolute atomic E-state index is 0.0208. The van der Waals surface area contributed by atoms with E-state index in [0.29, 0.717) is 17.5 Å². The Bertz CT molecular complexity index is 755. The van der Waals surface area contributed by atoms with Gasteiger partial charge >= 0.3 is 0 Å². The molecule has 0 saturated heterocycles. The molecule has 1 unspecified atom stereocenters. The summed E-state index contributed by atoms with van der Waals surface area (Å²) in [6.07, 6.45) is 0.708. The summed E-state index contributed by atoms with van der Waals surface area (Å²) in [6, 6.07) is 14.6. The highest BCUT2D eigenvalue weighted by molar-refractivity contribution is 9.10. The first-order valence-electron chi connectivity index (χ1n) is 8.00. The van der Waals surface area contributed by atoms with E-state index in [1.54, 1.807) is 24.3 Å². The summed E-state index contributed by atoms with van der Waals surface area (Å²) < 4.78 is 0.975. The highest BCUT2D eigenvalue weighted by Crippen LogP contribution is 2.38. The number of hydrogen-bond donors (Lipinski definition) is 0. The van der Waals surface area contributed by atoms with Gasteiger partial charge in [-0.1, -0.05) is 61.0 Å². The largest absolute Gasteiger partial charge is 0.269 e. The van der Waals surface area contributed by atoms with Crippen molar-refractivity contribution < 1.29 is 9.59 Å². The van der Waals surface area contributed by atoms with Crippen LogP contribution in [0, 0.1) is 5.41 Å². The van der Waals surface area contributed by atoms with Crippen LogP contribution in [0.3, 0.4) is 0 Å². The molecule has 0 aromatic heterocycles. The first-order valence-corrected chi connectivity index (χ1v) is 8.79. The number of nitrogens with zero attached hydrogens (tertiary/aromatic N) is 1. The Balaban J connectivity index is 2.05. The zero-order chi connectivity index (χ0) is 17.5. The van der Waals surface area contributed by atoms with Crippen molar-refractivity contribution in [3.8, 4) is 0 Å². The van der Waals surface area contributed by atoms with Crippen molar-refractivity contribution in [3.05, 3.63) is 69.7 Å². The van der Waals surface area contributed by atoms with Gasteiger partial charge < -0.3 is 0 Å². The third-order valence-electron chi connectivity index (χ3n) is 4.20. The molecule has 124 valence electrons. The number of benzene rings is 2. The molecule has 0 N–H and O–H groups in total. The molecule has 1 atom stereocenters. The third-order valence-corrected chi connectivity index (χ3v) is 4.73. The van der Waals surface area contributed by atoms with Crippen LogP contribution in [0.25, 0.3) is 0 Å². The predicted molar refractivity (Wildman–Crippen MR) is 97.9 cm³/mol. The molecule has 2 aromatic rings. The van der Waals surface area contributed by atoms with Crippen LogP contribution in [0.4, 0.5) is 0 Å². The van der Waals surface area contributed by atoms with Crippen molar-refractivity contribution in [2.75, 3.05) is 0 Å². The maximum atomic E-state index is 12.9. The summed E-state index contributed by atoms with van der Waals surface area (Å²) in [5.41, 5.74) is 1.95. The van der Waals surface area contributed by atoms with Crippen molar-refractivity contribution in [1.29, 1.82) is 0 Å². The first kappa shape index (κ1) is 16.9. The van der Waals surface area contributed by atoms with E-state index in [9.17, 15) is 9.59 Å². The molecule has 4 heteroatoms. The van der Waals surface area contributed by atoms with Crippen LogP contribution in [0.5, 0.6) is 0 Å². The molecule has 0 fully saturated rings. The smallest absolute Gasteiger partial charge is 0.262 e. The van der Waals surface area contributed by atoms with Crippen LogP contribution < -0.4 is 0 Å². The highest BCUT2D eigenvalue weighted by Gasteiger charge is 2.41. The summed E-state index contributed by atoms with van der Waals surface area (Å²) in [6.45, 7) is 6.37. The lowest BCUT2D eigenvalue weighted by Gasteiger charge is -2.32. The average Bonchev–Trinajstić information content (AvgIpc) is 2.77. The number of hydrogen-bond acceptors (Lipinski definition) is 2. The van der Waals surface area contributed by atoms with Gasteiger partial charge in [0.05, 0.1) is 17.2 Å².